The molecular formula is C16H11BrN2O. The fraction of sp³-hybridized carbons (Fsp3) is 0. The summed E-state index contributed by atoms with van der Waals surface area (Å²) in [5.74, 6) is 0.405. The van der Waals surface area contributed by atoms with E-state index in [1.54, 1.807) is 6.08 Å². The van der Waals surface area contributed by atoms with Crippen LogP contribution in [-0.4, -0.2) is 11.7 Å². The minimum absolute atomic E-state index is 0.177. The molecule has 1 aliphatic rings. The Balaban J connectivity index is 1.95. The first-order chi connectivity index (χ1) is 9.72. The summed E-state index contributed by atoms with van der Waals surface area (Å²) in [6.45, 7) is 0. The zero-order valence-corrected chi connectivity index (χ0v) is 12.1. The van der Waals surface area contributed by atoms with E-state index in [1.165, 1.54) is 0 Å². The Kier molecular flexibility index (Phi) is 3.48. The Hall–Kier alpha value is -2.20. The van der Waals surface area contributed by atoms with E-state index in [9.17, 15) is 4.79 Å². The Morgan fingerprint density at radius 1 is 1.05 bits per heavy atom. The number of benzene rings is 2. The Morgan fingerprint density at radius 3 is 2.60 bits per heavy atom. The van der Waals surface area contributed by atoms with Crippen LogP contribution in [0.2, 0.25) is 0 Å². The van der Waals surface area contributed by atoms with Crippen molar-refractivity contribution in [2.75, 3.05) is 0 Å². The smallest absolute Gasteiger partial charge is 0.275 e. The molecule has 1 aliphatic heterocycles. The van der Waals surface area contributed by atoms with Gasteiger partial charge in [-0.05, 0) is 23.8 Å². The molecule has 0 spiro atoms. The monoisotopic (exact) mass is 326 g/mol. The van der Waals surface area contributed by atoms with E-state index in [4.69, 9.17) is 0 Å². The van der Waals surface area contributed by atoms with Crippen LogP contribution >= 0.6 is 15.9 Å². The zero-order chi connectivity index (χ0) is 13.9. The number of carbonyl (C=O) groups is 1. The van der Waals surface area contributed by atoms with Gasteiger partial charge in [0.15, 0.2) is 0 Å². The molecule has 0 unspecified atom stereocenters. The number of hydrogen-bond acceptors (Lipinski definition) is 2. The maximum Gasteiger partial charge on any atom is 0.275 e. The summed E-state index contributed by atoms with van der Waals surface area (Å²) in [4.78, 5) is 16.3. The van der Waals surface area contributed by atoms with Crippen LogP contribution in [0.15, 0.2) is 69.8 Å². The van der Waals surface area contributed by atoms with Gasteiger partial charge in [-0.25, -0.2) is 4.99 Å². The van der Waals surface area contributed by atoms with Crippen LogP contribution in [0.5, 0.6) is 0 Å². The summed E-state index contributed by atoms with van der Waals surface area (Å²) in [5.41, 5.74) is 2.26. The first kappa shape index (κ1) is 12.8. The standard InChI is InChI=1S/C16H11BrN2O/c17-13-8-4-7-12(10-13)15-18-14(16(20)19-15)9-11-5-2-1-3-6-11/h1-10H,(H,18,19,20)/b14-9-. The lowest BCUT2D eigenvalue weighted by atomic mass is 10.2. The molecule has 98 valence electrons. The number of amidine groups is 1. The van der Waals surface area contributed by atoms with E-state index in [1.807, 2.05) is 54.6 Å². The molecule has 1 heterocycles. The lowest BCUT2D eigenvalue weighted by Crippen LogP contribution is -2.24. The van der Waals surface area contributed by atoms with Crippen molar-refractivity contribution in [3.63, 3.8) is 0 Å². The molecule has 0 aromatic heterocycles. The molecule has 0 saturated heterocycles. The molecule has 2 aromatic rings. The van der Waals surface area contributed by atoms with E-state index in [2.05, 4.69) is 26.2 Å². The molecule has 0 saturated carbocycles. The van der Waals surface area contributed by atoms with Gasteiger partial charge in [0.2, 0.25) is 0 Å². The van der Waals surface area contributed by atoms with Gasteiger partial charge in [0.1, 0.15) is 11.5 Å². The molecule has 20 heavy (non-hydrogen) atoms. The van der Waals surface area contributed by atoms with Gasteiger partial charge in [0, 0.05) is 10.0 Å². The molecular weight excluding hydrogens is 316 g/mol. The van der Waals surface area contributed by atoms with Gasteiger partial charge in [0.05, 0.1) is 0 Å². The number of nitrogens with one attached hydrogen (secondary N) is 1. The maximum atomic E-state index is 11.9. The van der Waals surface area contributed by atoms with Gasteiger partial charge in [-0.1, -0.05) is 58.4 Å². The predicted octanol–water partition coefficient (Wildman–Crippen LogP) is 3.37. The van der Waals surface area contributed by atoms with Crippen molar-refractivity contribution in [1.29, 1.82) is 0 Å². The summed E-state index contributed by atoms with van der Waals surface area (Å²) in [7, 11) is 0. The highest BCUT2D eigenvalue weighted by Crippen LogP contribution is 2.17. The van der Waals surface area contributed by atoms with Crippen LogP contribution in [-0.2, 0) is 4.79 Å². The SMILES string of the molecule is O=C1NC(c2cccc(Br)c2)=N/C1=C\c1ccccc1. The Morgan fingerprint density at radius 2 is 1.85 bits per heavy atom. The summed E-state index contributed by atoms with van der Waals surface area (Å²) in [5, 5.41) is 2.79. The number of halogens is 1. The third-order valence-electron chi connectivity index (χ3n) is 2.90. The summed E-state index contributed by atoms with van der Waals surface area (Å²) in [6.07, 6.45) is 1.78. The van der Waals surface area contributed by atoms with E-state index < -0.39 is 0 Å². The third kappa shape index (κ3) is 2.70. The van der Waals surface area contributed by atoms with E-state index in [0.29, 0.717) is 11.5 Å². The van der Waals surface area contributed by atoms with Gasteiger partial charge in [-0.3, -0.25) is 4.79 Å². The maximum absolute atomic E-state index is 11.9. The molecule has 2 aromatic carbocycles. The van der Waals surface area contributed by atoms with Gasteiger partial charge in [-0.2, -0.15) is 0 Å². The average molecular weight is 327 g/mol. The second-order valence-corrected chi connectivity index (χ2v) is 5.28. The molecule has 3 rings (SSSR count). The van der Waals surface area contributed by atoms with Gasteiger partial charge >= 0.3 is 0 Å². The highest BCUT2D eigenvalue weighted by molar-refractivity contribution is 9.10. The molecule has 1 N–H and O–H groups in total. The molecule has 0 atom stereocenters. The normalized spacial score (nSPS) is 16.1. The van der Waals surface area contributed by atoms with E-state index >= 15 is 0 Å². The molecule has 3 nitrogen and oxygen atoms in total. The first-order valence-electron chi connectivity index (χ1n) is 6.15. The van der Waals surface area contributed by atoms with Crippen molar-refractivity contribution in [3.8, 4) is 0 Å². The topological polar surface area (TPSA) is 41.5 Å². The van der Waals surface area contributed by atoms with Gasteiger partial charge in [-0.15, -0.1) is 0 Å². The van der Waals surface area contributed by atoms with Gasteiger partial charge < -0.3 is 5.32 Å². The van der Waals surface area contributed by atoms with Crippen LogP contribution in [0, 0.1) is 0 Å². The number of nitrogens with zero attached hydrogens (tertiary/aromatic N) is 1. The number of aliphatic imine (C=N–C) groups is 1. The van der Waals surface area contributed by atoms with Gasteiger partial charge in [0.25, 0.3) is 5.91 Å². The number of amides is 1. The van der Waals surface area contributed by atoms with Crippen molar-refractivity contribution >= 4 is 33.7 Å². The quantitative estimate of drug-likeness (QED) is 0.844. The van der Waals surface area contributed by atoms with Crippen molar-refractivity contribution in [2.24, 2.45) is 4.99 Å². The lowest BCUT2D eigenvalue weighted by Gasteiger charge is -2.00. The second kappa shape index (κ2) is 5.43. The molecule has 0 bridgehead atoms. The summed E-state index contributed by atoms with van der Waals surface area (Å²) >= 11 is 3.41. The fourth-order valence-corrected chi connectivity index (χ4v) is 2.35. The van der Waals surface area contributed by atoms with Crippen molar-refractivity contribution in [1.82, 2.24) is 5.32 Å². The van der Waals surface area contributed by atoms with Crippen molar-refractivity contribution in [2.45, 2.75) is 0 Å². The summed E-state index contributed by atoms with van der Waals surface area (Å²) < 4.78 is 0.951. The third-order valence-corrected chi connectivity index (χ3v) is 3.39. The number of hydrogen-bond donors (Lipinski definition) is 1. The largest absolute Gasteiger partial charge is 0.305 e. The Bertz CT molecular complexity index is 720. The summed E-state index contributed by atoms with van der Waals surface area (Å²) in [6, 6.07) is 17.3. The Labute approximate surface area is 125 Å². The van der Waals surface area contributed by atoms with Crippen molar-refractivity contribution in [3.05, 3.63) is 75.9 Å². The molecule has 0 fully saturated rings. The molecule has 4 heteroatoms. The van der Waals surface area contributed by atoms with E-state index in [-0.39, 0.29) is 5.91 Å². The first-order valence-corrected chi connectivity index (χ1v) is 6.94. The fourth-order valence-electron chi connectivity index (χ4n) is 1.95. The van der Waals surface area contributed by atoms with E-state index in [0.717, 1.165) is 15.6 Å². The average Bonchev–Trinajstić information content (AvgIpc) is 2.81. The number of carbonyl (C=O) groups excluding carboxylic acids is 1. The zero-order valence-electron chi connectivity index (χ0n) is 10.5. The van der Waals surface area contributed by atoms with Crippen LogP contribution in [0.3, 0.4) is 0 Å². The molecule has 0 radical (unpaired) electrons. The van der Waals surface area contributed by atoms with Crippen LogP contribution < -0.4 is 5.32 Å². The molecule has 0 aliphatic carbocycles. The predicted molar refractivity (Wildman–Crippen MR) is 83.2 cm³/mol. The minimum atomic E-state index is -0.177. The second-order valence-electron chi connectivity index (χ2n) is 4.37. The van der Waals surface area contributed by atoms with Crippen LogP contribution in [0.4, 0.5) is 0 Å². The number of rotatable bonds is 2. The highest BCUT2D eigenvalue weighted by Gasteiger charge is 2.20. The minimum Gasteiger partial charge on any atom is -0.305 e. The van der Waals surface area contributed by atoms with Crippen LogP contribution in [0.25, 0.3) is 6.08 Å². The highest BCUT2D eigenvalue weighted by atomic mass is 79.9. The molecule has 1 amide bonds. The lowest BCUT2D eigenvalue weighted by molar-refractivity contribution is -0.115. The van der Waals surface area contributed by atoms with Crippen LogP contribution in [0.1, 0.15) is 11.1 Å². The van der Waals surface area contributed by atoms with Crippen molar-refractivity contribution < 1.29 is 4.79 Å².